The zero-order valence-corrected chi connectivity index (χ0v) is 20.8. The van der Waals surface area contributed by atoms with Gasteiger partial charge in [-0.15, -0.1) is 0 Å². The standard InChI is InChI=1S/C28H31N5O3/c1-19-26-32(25(34)18-30(3)33(26)28(36)29-16-21-10-5-4-6-11-21)20(2)27(35)31(19)17-23-14-9-13-22-12-7-8-15-24(22)23/h4-15,19-20,26H,16-18H2,1-3H3,(H,29,36)/t19-,20-,26-/m0/s1. The zero-order valence-electron chi connectivity index (χ0n) is 20.8. The van der Waals surface area contributed by atoms with Crippen LogP contribution in [0.3, 0.4) is 0 Å². The molecule has 2 heterocycles. The molecule has 2 aliphatic rings. The molecule has 186 valence electrons. The second-order valence-corrected chi connectivity index (χ2v) is 9.54. The van der Waals surface area contributed by atoms with Crippen LogP contribution in [0.4, 0.5) is 4.79 Å². The van der Waals surface area contributed by atoms with Crippen LogP contribution in [0.15, 0.2) is 72.8 Å². The van der Waals surface area contributed by atoms with Gasteiger partial charge in [0.05, 0.1) is 12.6 Å². The molecule has 3 aromatic rings. The number of urea groups is 1. The van der Waals surface area contributed by atoms with E-state index < -0.39 is 18.2 Å². The first-order valence-electron chi connectivity index (χ1n) is 12.3. The fourth-order valence-corrected chi connectivity index (χ4v) is 5.39. The van der Waals surface area contributed by atoms with E-state index >= 15 is 0 Å². The summed E-state index contributed by atoms with van der Waals surface area (Å²) in [5.41, 5.74) is 2.01. The highest BCUT2D eigenvalue weighted by Crippen LogP contribution is 2.32. The lowest BCUT2D eigenvalue weighted by molar-refractivity contribution is -0.194. The van der Waals surface area contributed by atoms with Crippen LogP contribution in [0.5, 0.6) is 0 Å². The minimum atomic E-state index is -0.674. The largest absolute Gasteiger partial charge is 0.334 e. The fourth-order valence-electron chi connectivity index (χ4n) is 5.39. The van der Waals surface area contributed by atoms with E-state index in [9.17, 15) is 14.4 Å². The van der Waals surface area contributed by atoms with E-state index in [1.807, 2.05) is 61.5 Å². The van der Waals surface area contributed by atoms with Crippen LogP contribution in [-0.2, 0) is 22.7 Å². The predicted molar refractivity (Wildman–Crippen MR) is 137 cm³/mol. The summed E-state index contributed by atoms with van der Waals surface area (Å²) in [5.74, 6) is -0.277. The normalized spacial score (nSPS) is 22.6. The number of likely N-dealkylation sites (N-methyl/N-ethyl adjacent to an activating group) is 1. The molecule has 36 heavy (non-hydrogen) atoms. The van der Waals surface area contributed by atoms with Crippen LogP contribution in [-0.4, -0.2) is 69.5 Å². The van der Waals surface area contributed by atoms with Crippen molar-refractivity contribution in [1.82, 2.24) is 25.1 Å². The lowest BCUT2D eigenvalue weighted by Gasteiger charge is -2.56. The molecule has 8 heteroatoms. The predicted octanol–water partition coefficient (Wildman–Crippen LogP) is 3.19. The molecule has 1 N–H and O–H groups in total. The van der Waals surface area contributed by atoms with Gasteiger partial charge in [0, 0.05) is 20.1 Å². The topological polar surface area (TPSA) is 76.2 Å². The maximum Gasteiger partial charge on any atom is 0.334 e. The number of hydrazine groups is 1. The van der Waals surface area contributed by atoms with Crippen LogP contribution in [0.2, 0.25) is 0 Å². The van der Waals surface area contributed by atoms with Crippen molar-refractivity contribution in [1.29, 1.82) is 0 Å². The zero-order chi connectivity index (χ0) is 25.4. The SMILES string of the molecule is C[C@H]1[C@H]2N(C(=O)CN(C)N2C(=O)NCc2ccccc2)[C@@H](C)C(=O)N1Cc1cccc2ccccc12. The number of amides is 4. The van der Waals surface area contributed by atoms with Crippen LogP contribution in [0, 0.1) is 0 Å². The molecule has 8 nitrogen and oxygen atoms in total. The Morgan fingerprint density at radius 3 is 2.42 bits per heavy atom. The maximum absolute atomic E-state index is 13.5. The van der Waals surface area contributed by atoms with Gasteiger partial charge in [-0.1, -0.05) is 72.8 Å². The number of carbonyl (C=O) groups is 3. The van der Waals surface area contributed by atoms with E-state index in [0.717, 1.165) is 21.9 Å². The van der Waals surface area contributed by atoms with Gasteiger partial charge in [-0.05, 0) is 35.7 Å². The van der Waals surface area contributed by atoms with Gasteiger partial charge >= 0.3 is 6.03 Å². The van der Waals surface area contributed by atoms with Gasteiger partial charge in [0.25, 0.3) is 0 Å². The summed E-state index contributed by atoms with van der Waals surface area (Å²) in [7, 11) is 1.74. The number of rotatable bonds is 4. The van der Waals surface area contributed by atoms with Crippen molar-refractivity contribution in [3.8, 4) is 0 Å². The summed E-state index contributed by atoms with van der Waals surface area (Å²) in [6.07, 6.45) is -0.616. The Balaban J connectivity index is 1.45. The van der Waals surface area contributed by atoms with Crippen LogP contribution in [0.25, 0.3) is 10.8 Å². The monoisotopic (exact) mass is 485 g/mol. The lowest BCUT2D eigenvalue weighted by Crippen LogP contribution is -2.77. The Bertz CT molecular complexity index is 1290. The second-order valence-electron chi connectivity index (χ2n) is 9.54. The van der Waals surface area contributed by atoms with Crippen molar-refractivity contribution in [2.45, 2.75) is 45.2 Å². The summed E-state index contributed by atoms with van der Waals surface area (Å²) in [5, 5.41) is 8.42. The van der Waals surface area contributed by atoms with E-state index in [1.165, 1.54) is 0 Å². The first-order valence-corrected chi connectivity index (χ1v) is 12.3. The summed E-state index contributed by atoms with van der Waals surface area (Å²) in [6.45, 7) is 4.46. The van der Waals surface area contributed by atoms with E-state index in [4.69, 9.17) is 0 Å². The Hall–Kier alpha value is -3.91. The summed E-state index contributed by atoms with van der Waals surface area (Å²) < 4.78 is 0. The number of benzene rings is 3. The van der Waals surface area contributed by atoms with Crippen molar-refractivity contribution in [2.75, 3.05) is 13.6 Å². The van der Waals surface area contributed by atoms with Crippen molar-refractivity contribution in [3.63, 3.8) is 0 Å². The van der Waals surface area contributed by atoms with Gasteiger partial charge in [0.1, 0.15) is 12.2 Å². The van der Waals surface area contributed by atoms with Crippen LogP contribution < -0.4 is 5.32 Å². The number of piperazine rings is 1. The molecular formula is C28H31N5O3. The molecule has 0 spiro atoms. The Kier molecular flexibility index (Phi) is 6.36. The minimum Gasteiger partial charge on any atom is -0.333 e. The molecule has 0 aromatic heterocycles. The van der Waals surface area contributed by atoms with Crippen LogP contribution >= 0.6 is 0 Å². The molecule has 2 saturated heterocycles. The average molecular weight is 486 g/mol. The third kappa shape index (κ3) is 4.18. The third-order valence-corrected chi connectivity index (χ3v) is 7.25. The highest BCUT2D eigenvalue weighted by atomic mass is 16.2. The molecule has 0 unspecified atom stereocenters. The average Bonchev–Trinajstić information content (AvgIpc) is 2.88. The van der Waals surface area contributed by atoms with Gasteiger partial charge in [-0.2, -0.15) is 0 Å². The molecule has 0 saturated carbocycles. The molecular weight excluding hydrogens is 454 g/mol. The number of carbonyl (C=O) groups excluding carboxylic acids is 3. The molecule has 0 radical (unpaired) electrons. The Labute approximate surface area is 211 Å². The van der Waals surface area contributed by atoms with Gasteiger partial charge in [-0.3, -0.25) is 9.59 Å². The van der Waals surface area contributed by atoms with E-state index in [-0.39, 0.29) is 24.4 Å². The highest BCUT2D eigenvalue weighted by Gasteiger charge is 2.52. The molecule has 2 aliphatic heterocycles. The number of hydrogen-bond donors (Lipinski definition) is 1. The van der Waals surface area contributed by atoms with Gasteiger partial charge < -0.3 is 15.1 Å². The van der Waals surface area contributed by atoms with Gasteiger partial charge in [0.2, 0.25) is 11.8 Å². The molecule has 0 bridgehead atoms. The minimum absolute atomic E-state index is 0.0307. The van der Waals surface area contributed by atoms with E-state index in [2.05, 4.69) is 23.5 Å². The van der Waals surface area contributed by atoms with Crippen molar-refractivity contribution in [2.24, 2.45) is 0 Å². The highest BCUT2D eigenvalue weighted by molar-refractivity contribution is 5.92. The first-order chi connectivity index (χ1) is 17.4. The third-order valence-electron chi connectivity index (χ3n) is 7.25. The molecule has 5 rings (SSSR count). The number of fused-ring (bicyclic) bond motifs is 2. The number of nitrogens with zero attached hydrogens (tertiary/aromatic N) is 4. The van der Waals surface area contributed by atoms with Crippen molar-refractivity contribution < 1.29 is 14.4 Å². The van der Waals surface area contributed by atoms with E-state index in [0.29, 0.717) is 13.1 Å². The van der Waals surface area contributed by atoms with Crippen molar-refractivity contribution in [3.05, 3.63) is 83.9 Å². The lowest BCUT2D eigenvalue weighted by atomic mass is 9.99. The molecule has 4 amide bonds. The summed E-state index contributed by atoms with van der Waals surface area (Å²) in [6, 6.07) is 22.5. The Morgan fingerprint density at radius 2 is 1.64 bits per heavy atom. The molecule has 3 aromatic carbocycles. The molecule has 0 aliphatic carbocycles. The quantitative estimate of drug-likeness (QED) is 0.616. The first kappa shape index (κ1) is 23.8. The fraction of sp³-hybridized carbons (Fsp3) is 0.321. The maximum atomic E-state index is 13.5. The van der Waals surface area contributed by atoms with Crippen molar-refractivity contribution >= 4 is 28.6 Å². The molecule has 2 fully saturated rings. The smallest absolute Gasteiger partial charge is 0.333 e. The van der Waals surface area contributed by atoms with Gasteiger partial charge in [-0.25, -0.2) is 14.8 Å². The number of nitrogens with one attached hydrogen (secondary N) is 1. The summed E-state index contributed by atoms with van der Waals surface area (Å²) in [4.78, 5) is 43.5. The molecule has 3 atom stereocenters. The van der Waals surface area contributed by atoms with E-state index in [1.54, 1.807) is 33.8 Å². The number of hydrogen-bond acceptors (Lipinski definition) is 4. The van der Waals surface area contributed by atoms with Crippen LogP contribution in [0.1, 0.15) is 25.0 Å². The van der Waals surface area contributed by atoms with Gasteiger partial charge in [0.15, 0.2) is 0 Å². The Morgan fingerprint density at radius 1 is 0.944 bits per heavy atom. The second kappa shape index (κ2) is 9.62. The summed E-state index contributed by atoms with van der Waals surface area (Å²) >= 11 is 0.